The van der Waals surface area contributed by atoms with Crippen LogP contribution in [0.5, 0.6) is 0 Å². The van der Waals surface area contributed by atoms with Crippen LogP contribution in [0.25, 0.3) is 28.3 Å². The second-order valence-electron chi connectivity index (χ2n) is 9.32. The fourth-order valence-electron chi connectivity index (χ4n) is 4.92. The first kappa shape index (κ1) is 23.2. The van der Waals surface area contributed by atoms with Gasteiger partial charge >= 0.3 is 0 Å². The number of pyridine rings is 1. The zero-order valence-corrected chi connectivity index (χ0v) is 20.0. The number of rotatable bonds is 4. The molecule has 180 valence electrons. The number of aryl methyl sites for hydroxylation is 2. The van der Waals surface area contributed by atoms with Crippen LogP contribution in [0.3, 0.4) is 0 Å². The third-order valence-electron chi connectivity index (χ3n) is 6.66. The van der Waals surface area contributed by atoms with Crippen LogP contribution in [0.4, 0.5) is 8.78 Å². The number of hydrogen-bond acceptors (Lipinski definition) is 4. The average Bonchev–Trinajstić information content (AvgIpc) is 3.25. The zero-order chi connectivity index (χ0) is 24.7. The number of piperidine rings is 1. The molecule has 2 aromatic carbocycles. The lowest BCUT2D eigenvalue weighted by atomic mass is 9.98. The topological polar surface area (TPSA) is 51.3 Å². The molecule has 4 aromatic rings. The highest BCUT2D eigenvalue weighted by Crippen LogP contribution is 2.38. The van der Waals surface area contributed by atoms with Crippen LogP contribution in [-0.2, 0) is 0 Å². The number of aromatic nitrogens is 2. The molecule has 5 nitrogen and oxygen atoms in total. The first-order valence-corrected chi connectivity index (χ1v) is 11.8. The maximum atomic E-state index is 14.9. The van der Waals surface area contributed by atoms with Crippen molar-refractivity contribution in [2.45, 2.75) is 32.6 Å². The predicted octanol–water partition coefficient (Wildman–Crippen LogP) is 5.86. The third kappa shape index (κ3) is 4.44. The molecule has 1 fully saturated rings. The van der Waals surface area contributed by atoms with Gasteiger partial charge in [-0.05, 0) is 69.6 Å². The van der Waals surface area contributed by atoms with Gasteiger partial charge in [0.15, 0.2) is 11.7 Å². The van der Waals surface area contributed by atoms with E-state index >= 15 is 0 Å². The number of likely N-dealkylation sites (tertiary alicyclic amines) is 1. The van der Waals surface area contributed by atoms with Crippen molar-refractivity contribution in [2.24, 2.45) is 0 Å². The molecule has 0 spiro atoms. The molecule has 0 amide bonds. The minimum atomic E-state index is -0.724. The molecule has 0 bridgehead atoms. The van der Waals surface area contributed by atoms with Gasteiger partial charge in [-0.15, -0.1) is 0 Å². The molecule has 2 aromatic heterocycles. The summed E-state index contributed by atoms with van der Waals surface area (Å²) in [4.78, 5) is 19.9. The van der Waals surface area contributed by atoms with E-state index in [0.29, 0.717) is 17.1 Å². The van der Waals surface area contributed by atoms with Gasteiger partial charge in [0.05, 0.1) is 11.3 Å². The molecule has 3 heterocycles. The summed E-state index contributed by atoms with van der Waals surface area (Å²) in [6.45, 7) is 5.69. The van der Waals surface area contributed by atoms with Gasteiger partial charge < -0.3 is 9.32 Å². The maximum absolute atomic E-state index is 14.9. The van der Waals surface area contributed by atoms with Gasteiger partial charge in [0, 0.05) is 36.4 Å². The van der Waals surface area contributed by atoms with Gasteiger partial charge in [0.25, 0.3) is 5.56 Å². The Labute approximate surface area is 202 Å². The second kappa shape index (κ2) is 9.23. The Morgan fingerprint density at radius 1 is 1.06 bits per heavy atom. The summed E-state index contributed by atoms with van der Waals surface area (Å²) in [6.07, 6.45) is 3.64. The molecule has 7 heteroatoms. The average molecular weight is 476 g/mol. The Morgan fingerprint density at radius 3 is 2.54 bits per heavy atom. The van der Waals surface area contributed by atoms with Gasteiger partial charge in [-0.1, -0.05) is 18.2 Å². The highest BCUT2D eigenvalue weighted by atomic mass is 19.1. The van der Waals surface area contributed by atoms with E-state index in [1.807, 2.05) is 32.0 Å². The van der Waals surface area contributed by atoms with E-state index in [-0.39, 0.29) is 22.8 Å². The number of para-hydroxylation sites is 1. The SMILES string of the molecule is Cc1cccc(C)c1-n1cc(-c2nc([C@@H]3CCCN(C)C3)oc2-c2ccc(F)cc2F)ccc1=O. The zero-order valence-electron chi connectivity index (χ0n) is 20.0. The molecule has 1 aliphatic rings. The van der Waals surface area contributed by atoms with Crippen LogP contribution in [0.1, 0.15) is 35.8 Å². The lowest BCUT2D eigenvalue weighted by Crippen LogP contribution is -2.30. The summed E-state index contributed by atoms with van der Waals surface area (Å²) in [6, 6.07) is 12.4. The van der Waals surface area contributed by atoms with Crippen molar-refractivity contribution in [3.8, 4) is 28.3 Å². The third-order valence-corrected chi connectivity index (χ3v) is 6.66. The maximum Gasteiger partial charge on any atom is 0.255 e. The van der Waals surface area contributed by atoms with E-state index in [0.717, 1.165) is 48.8 Å². The molecule has 1 atom stereocenters. The minimum Gasteiger partial charge on any atom is -0.440 e. The molecule has 0 unspecified atom stereocenters. The van der Waals surface area contributed by atoms with Crippen molar-refractivity contribution < 1.29 is 13.2 Å². The van der Waals surface area contributed by atoms with Crippen molar-refractivity contribution >= 4 is 0 Å². The summed E-state index contributed by atoms with van der Waals surface area (Å²) < 4.78 is 36.3. The Bertz CT molecular complexity index is 1440. The smallest absolute Gasteiger partial charge is 0.255 e. The molecule has 5 rings (SSSR count). The minimum absolute atomic E-state index is 0.0641. The van der Waals surface area contributed by atoms with Crippen molar-refractivity contribution in [1.29, 1.82) is 0 Å². The van der Waals surface area contributed by atoms with E-state index in [4.69, 9.17) is 9.40 Å². The Balaban J connectivity index is 1.70. The molecule has 1 aliphatic heterocycles. The van der Waals surface area contributed by atoms with Crippen LogP contribution >= 0.6 is 0 Å². The van der Waals surface area contributed by atoms with E-state index in [9.17, 15) is 13.6 Å². The van der Waals surface area contributed by atoms with E-state index in [1.165, 1.54) is 18.2 Å². The summed E-state index contributed by atoms with van der Waals surface area (Å²) in [5.41, 5.74) is 3.71. The fraction of sp³-hybridized carbons (Fsp3) is 0.286. The first-order valence-electron chi connectivity index (χ1n) is 11.8. The van der Waals surface area contributed by atoms with Crippen LogP contribution < -0.4 is 5.56 Å². The van der Waals surface area contributed by atoms with Crippen LogP contribution in [0.15, 0.2) is 63.9 Å². The molecule has 0 N–H and O–H groups in total. The normalized spacial score (nSPS) is 16.5. The lowest BCUT2D eigenvalue weighted by molar-refractivity contribution is 0.231. The van der Waals surface area contributed by atoms with Crippen LogP contribution in [0.2, 0.25) is 0 Å². The molecule has 35 heavy (non-hydrogen) atoms. The van der Waals surface area contributed by atoms with Crippen molar-refractivity contribution in [3.05, 3.63) is 93.7 Å². The van der Waals surface area contributed by atoms with E-state index in [2.05, 4.69) is 11.9 Å². The van der Waals surface area contributed by atoms with Crippen LogP contribution in [-0.4, -0.2) is 34.6 Å². The monoisotopic (exact) mass is 475 g/mol. The van der Waals surface area contributed by atoms with Crippen molar-refractivity contribution in [1.82, 2.24) is 14.5 Å². The number of oxazole rings is 1. The van der Waals surface area contributed by atoms with Gasteiger partial charge in [-0.3, -0.25) is 9.36 Å². The number of halogens is 2. The molecule has 1 saturated heterocycles. The molecule has 0 saturated carbocycles. The largest absolute Gasteiger partial charge is 0.440 e. The number of likely N-dealkylation sites (N-methyl/N-ethyl adjacent to an activating group) is 1. The molecule has 0 aliphatic carbocycles. The summed E-state index contributed by atoms with van der Waals surface area (Å²) in [5.74, 6) is -0.565. The number of nitrogens with zero attached hydrogens (tertiary/aromatic N) is 3. The Kier molecular flexibility index (Phi) is 6.11. The second-order valence-corrected chi connectivity index (χ2v) is 9.32. The van der Waals surface area contributed by atoms with Gasteiger partial charge in [0.1, 0.15) is 17.3 Å². The summed E-state index contributed by atoms with van der Waals surface area (Å²) in [5, 5.41) is 0. The Hall–Kier alpha value is -3.58. The number of benzene rings is 2. The fourth-order valence-corrected chi connectivity index (χ4v) is 4.92. The number of hydrogen-bond donors (Lipinski definition) is 0. The molecular weight excluding hydrogens is 448 g/mol. The van der Waals surface area contributed by atoms with Gasteiger partial charge in [-0.2, -0.15) is 0 Å². The van der Waals surface area contributed by atoms with E-state index < -0.39 is 11.6 Å². The van der Waals surface area contributed by atoms with Gasteiger partial charge in [-0.25, -0.2) is 13.8 Å². The highest BCUT2D eigenvalue weighted by molar-refractivity contribution is 5.77. The Morgan fingerprint density at radius 2 is 1.83 bits per heavy atom. The molecular formula is C28H27F2N3O2. The standard InChI is InChI=1S/C28H27F2N3O2/c1-17-6-4-7-18(2)26(17)33-16-19(9-12-24(33)34)25-27(22-11-10-21(29)14-23(22)30)35-28(31-25)20-8-5-13-32(3)15-20/h4,6-7,9-12,14,16,20H,5,8,13,15H2,1-3H3/t20-/m1/s1. The summed E-state index contributed by atoms with van der Waals surface area (Å²) in [7, 11) is 2.05. The van der Waals surface area contributed by atoms with E-state index in [1.54, 1.807) is 16.8 Å². The van der Waals surface area contributed by atoms with Crippen LogP contribution in [0, 0.1) is 25.5 Å². The summed E-state index contributed by atoms with van der Waals surface area (Å²) >= 11 is 0. The highest BCUT2D eigenvalue weighted by Gasteiger charge is 2.28. The van der Waals surface area contributed by atoms with Crippen molar-refractivity contribution in [3.63, 3.8) is 0 Å². The van der Waals surface area contributed by atoms with Crippen molar-refractivity contribution in [2.75, 3.05) is 20.1 Å². The molecule has 0 radical (unpaired) electrons. The first-order chi connectivity index (χ1) is 16.8. The lowest BCUT2D eigenvalue weighted by Gasteiger charge is -2.27. The van der Waals surface area contributed by atoms with Gasteiger partial charge in [0.2, 0.25) is 0 Å². The quantitative estimate of drug-likeness (QED) is 0.371. The predicted molar refractivity (Wildman–Crippen MR) is 132 cm³/mol.